The summed E-state index contributed by atoms with van der Waals surface area (Å²) < 4.78 is 62.1. The van der Waals surface area contributed by atoms with Crippen molar-refractivity contribution in [2.24, 2.45) is 22.1 Å². The Hall–Kier alpha value is -3.59. The van der Waals surface area contributed by atoms with Crippen molar-refractivity contribution in [1.82, 2.24) is 9.97 Å². The van der Waals surface area contributed by atoms with E-state index in [0.29, 0.717) is 12.6 Å². The van der Waals surface area contributed by atoms with Crippen LogP contribution in [0, 0.1) is 28.5 Å². The van der Waals surface area contributed by atoms with Gasteiger partial charge in [-0.1, -0.05) is 0 Å². The molecule has 0 saturated carbocycles. The highest BCUT2D eigenvalue weighted by Gasteiger charge is 2.62. The van der Waals surface area contributed by atoms with Crippen molar-refractivity contribution in [3.8, 4) is 6.07 Å². The summed E-state index contributed by atoms with van der Waals surface area (Å²) in [5.41, 5.74) is 3.51. The van der Waals surface area contributed by atoms with Gasteiger partial charge in [-0.3, -0.25) is 19.2 Å². The molecule has 4 atom stereocenters. The van der Waals surface area contributed by atoms with Crippen molar-refractivity contribution in [3.63, 3.8) is 0 Å². The molecular weight excluding hydrogens is 480 g/mol. The maximum Gasteiger partial charge on any atom is 0.275 e. The highest BCUT2D eigenvalue weighted by atomic mass is 19.3. The van der Waals surface area contributed by atoms with Gasteiger partial charge in [-0.25, -0.2) is 18.2 Å². The topological polar surface area (TPSA) is 126 Å². The maximum atomic E-state index is 15.2. The first kappa shape index (κ1) is 25.5. The lowest BCUT2D eigenvalue weighted by atomic mass is 9.66. The van der Waals surface area contributed by atoms with E-state index in [0.717, 1.165) is 6.07 Å². The molecule has 8 nitrogen and oxygen atoms in total. The summed E-state index contributed by atoms with van der Waals surface area (Å²) in [4.78, 5) is 25.0. The molecular formula is C24H24F4N6O2. The number of halogens is 4. The summed E-state index contributed by atoms with van der Waals surface area (Å²) in [6.07, 6.45) is 0.781. The summed E-state index contributed by atoms with van der Waals surface area (Å²) in [5.74, 6) is -5.88. The van der Waals surface area contributed by atoms with Crippen molar-refractivity contribution in [3.05, 3.63) is 53.4 Å². The van der Waals surface area contributed by atoms with Gasteiger partial charge < -0.3 is 15.8 Å². The van der Waals surface area contributed by atoms with Gasteiger partial charge in [0.2, 0.25) is 0 Å². The Balaban J connectivity index is 1.72. The van der Waals surface area contributed by atoms with Crippen LogP contribution in [0.1, 0.15) is 42.0 Å². The lowest BCUT2D eigenvalue weighted by Crippen LogP contribution is -2.52. The Bertz CT molecular complexity index is 1240. The summed E-state index contributed by atoms with van der Waals surface area (Å²) in [7, 11) is 0. The SMILES string of the molecule is CC(F)(F)[C@H]1OC[C@]2(c3cc(NC(=O)c4cnc(CCF)cn4)ccc3F)N=C(N)[C@](C)(C#N)C[C@H]12. The number of ether oxygens (including phenoxy) is 1. The van der Waals surface area contributed by atoms with Gasteiger partial charge in [0, 0.05) is 36.7 Å². The third kappa shape index (κ3) is 4.39. The van der Waals surface area contributed by atoms with Crippen molar-refractivity contribution >= 4 is 17.4 Å². The first-order chi connectivity index (χ1) is 16.9. The van der Waals surface area contributed by atoms with Gasteiger partial charge in [0.05, 0.1) is 31.2 Å². The van der Waals surface area contributed by atoms with E-state index in [1.54, 1.807) is 0 Å². The van der Waals surface area contributed by atoms with Crippen LogP contribution >= 0.6 is 0 Å². The molecule has 0 bridgehead atoms. The molecule has 1 fully saturated rings. The van der Waals surface area contributed by atoms with E-state index in [2.05, 4.69) is 20.3 Å². The smallest absolute Gasteiger partial charge is 0.275 e. The van der Waals surface area contributed by atoms with Crippen molar-refractivity contribution in [2.45, 2.75) is 44.3 Å². The number of anilines is 1. The van der Waals surface area contributed by atoms with Crippen LogP contribution < -0.4 is 11.1 Å². The number of carbonyl (C=O) groups is 1. The number of hydrogen-bond acceptors (Lipinski definition) is 7. The van der Waals surface area contributed by atoms with Gasteiger partial charge in [-0.15, -0.1) is 0 Å². The molecule has 4 rings (SSSR count). The lowest BCUT2D eigenvalue weighted by Gasteiger charge is -2.42. The van der Waals surface area contributed by atoms with E-state index < -0.39 is 47.3 Å². The van der Waals surface area contributed by atoms with Crippen LogP contribution in [-0.2, 0) is 16.7 Å². The standard InChI is InChI=1S/C24H24F4N6O2/c1-22(11-29)8-16-19(23(2,27)28)36-12-24(16,34-21(22)30)15-7-13(3-4-17(15)26)33-20(35)18-10-31-14(5-6-25)9-32-18/h3-4,7,9-10,16,19H,5-6,8,12H2,1-2H3,(H2,30,34)(H,33,35)/t16-,19+,22+,24-/m1/s1. The zero-order chi connectivity index (χ0) is 26.3. The summed E-state index contributed by atoms with van der Waals surface area (Å²) in [6.45, 7) is 1.19. The number of nitrogens with zero attached hydrogens (tertiary/aromatic N) is 4. The lowest BCUT2D eigenvalue weighted by molar-refractivity contribution is -0.118. The minimum atomic E-state index is -3.29. The van der Waals surface area contributed by atoms with Crippen LogP contribution in [0.15, 0.2) is 35.6 Å². The summed E-state index contributed by atoms with van der Waals surface area (Å²) in [5, 5.41) is 12.2. The predicted molar refractivity (Wildman–Crippen MR) is 122 cm³/mol. The second-order valence-electron chi connectivity index (χ2n) is 9.34. The Kier molecular flexibility index (Phi) is 6.47. The third-order valence-corrected chi connectivity index (χ3v) is 6.70. The number of nitrogens with one attached hydrogen (secondary N) is 1. The third-order valence-electron chi connectivity index (χ3n) is 6.70. The Labute approximate surface area is 204 Å². The predicted octanol–water partition coefficient (Wildman–Crippen LogP) is 3.54. The van der Waals surface area contributed by atoms with E-state index in [-0.39, 0.29) is 42.2 Å². The molecule has 12 heteroatoms. The van der Waals surface area contributed by atoms with Crippen LogP contribution in [0.4, 0.5) is 23.2 Å². The average molecular weight is 504 g/mol. The molecule has 1 saturated heterocycles. The van der Waals surface area contributed by atoms with E-state index in [1.165, 1.54) is 31.5 Å². The van der Waals surface area contributed by atoms with Crippen LogP contribution in [-0.4, -0.2) is 47.0 Å². The second-order valence-corrected chi connectivity index (χ2v) is 9.34. The first-order valence-electron chi connectivity index (χ1n) is 11.2. The van der Waals surface area contributed by atoms with E-state index >= 15 is 4.39 Å². The number of rotatable bonds is 6. The molecule has 2 aliphatic rings. The van der Waals surface area contributed by atoms with Gasteiger partial charge in [0.25, 0.3) is 11.8 Å². The molecule has 1 amide bonds. The van der Waals surface area contributed by atoms with Crippen LogP contribution in [0.5, 0.6) is 0 Å². The molecule has 3 heterocycles. The minimum Gasteiger partial charge on any atom is -0.386 e. The van der Waals surface area contributed by atoms with Gasteiger partial charge in [0.1, 0.15) is 34.4 Å². The van der Waals surface area contributed by atoms with Crippen molar-refractivity contribution < 1.29 is 27.1 Å². The number of alkyl halides is 3. The van der Waals surface area contributed by atoms with Gasteiger partial charge in [-0.2, -0.15) is 5.26 Å². The van der Waals surface area contributed by atoms with Crippen molar-refractivity contribution in [2.75, 3.05) is 18.6 Å². The van der Waals surface area contributed by atoms with Crippen molar-refractivity contribution in [1.29, 1.82) is 5.26 Å². The zero-order valence-electron chi connectivity index (χ0n) is 19.6. The number of benzene rings is 1. The van der Waals surface area contributed by atoms with Gasteiger partial charge >= 0.3 is 0 Å². The summed E-state index contributed by atoms with van der Waals surface area (Å²) in [6, 6.07) is 5.69. The Morgan fingerprint density at radius 3 is 2.72 bits per heavy atom. The minimum absolute atomic E-state index is 0.0564. The highest BCUT2D eigenvalue weighted by Crippen LogP contribution is 2.55. The quantitative estimate of drug-likeness (QED) is 0.580. The molecule has 0 aliphatic carbocycles. The molecule has 0 spiro atoms. The van der Waals surface area contributed by atoms with E-state index in [4.69, 9.17) is 10.5 Å². The normalized spacial score (nSPS) is 27.6. The Morgan fingerprint density at radius 1 is 1.36 bits per heavy atom. The number of aliphatic imine (C=N–C) groups is 1. The zero-order valence-corrected chi connectivity index (χ0v) is 19.6. The summed E-state index contributed by atoms with van der Waals surface area (Å²) >= 11 is 0. The number of fused-ring (bicyclic) bond motifs is 1. The number of nitrogens with two attached hydrogens (primary N) is 1. The number of hydrogen-bond donors (Lipinski definition) is 2. The molecule has 190 valence electrons. The molecule has 3 N–H and O–H groups in total. The second kappa shape index (κ2) is 9.13. The largest absolute Gasteiger partial charge is 0.386 e. The number of nitriles is 1. The highest BCUT2D eigenvalue weighted by molar-refractivity contribution is 6.02. The number of amidine groups is 1. The fourth-order valence-corrected chi connectivity index (χ4v) is 4.73. The van der Waals surface area contributed by atoms with Crippen LogP contribution in [0.25, 0.3) is 0 Å². The molecule has 1 aromatic heterocycles. The maximum absolute atomic E-state index is 15.2. The van der Waals surface area contributed by atoms with Crippen LogP contribution in [0.3, 0.4) is 0 Å². The number of carbonyl (C=O) groups excluding carboxylic acids is 1. The fourth-order valence-electron chi connectivity index (χ4n) is 4.73. The van der Waals surface area contributed by atoms with E-state index in [1.807, 2.05) is 6.07 Å². The average Bonchev–Trinajstić information content (AvgIpc) is 3.20. The molecule has 1 aromatic carbocycles. The van der Waals surface area contributed by atoms with Gasteiger partial charge in [0.15, 0.2) is 0 Å². The van der Waals surface area contributed by atoms with Gasteiger partial charge in [-0.05, 0) is 31.5 Å². The number of aromatic nitrogens is 2. The fraction of sp³-hybridized carbons (Fsp3) is 0.458. The number of aryl methyl sites for hydroxylation is 1. The first-order valence-corrected chi connectivity index (χ1v) is 11.2. The van der Waals surface area contributed by atoms with Crippen LogP contribution in [0.2, 0.25) is 0 Å². The number of amides is 1. The molecule has 0 unspecified atom stereocenters. The molecule has 2 aromatic rings. The molecule has 0 radical (unpaired) electrons. The molecule has 2 aliphatic heterocycles. The monoisotopic (exact) mass is 504 g/mol. The van der Waals surface area contributed by atoms with E-state index in [9.17, 15) is 23.2 Å². The molecule has 36 heavy (non-hydrogen) atoms. The Morgan fingerprint density at radius 2 is 2.11 bits per heavy atom.